The summed E-state index contributed by atoms with van der Waals surface area (Å²) in [7, 11) is 0. The van der Waals surface area contributed by atoms with Crippen LogP contribution in [-0.2, 0) is 9.59 Å². The highest BCUT2D eigenvalue weighted by Crippen LogP contribution is 2.35. The summed E-state index contributed by atoms with van der Waals surface area (Å²) in [5.41, 5.74) is 1.51. The van der Waals surface area contributed by atoms with E-state index in [4.69, 9.17) is 0 Å². The Morgan fingerprint density at radius 3 is 2.71 bits per heavy atom. The lowest BCUT2D eigenvalue weighted by atomic mass is 9.89. The van der Waals surface area contributed by atoms with Crippen LogP contribution in [0.1, 0.15) is 37.2 Å². The molecule has 2 aliphatic rings. The Bertz CT molecular complexity index is 552. The van der Waals surface area contributed by atoms with Crippen LogP contribution in [0.25, 0.3) is 0 Å². The minimum atomic E-state index is -0.814. The Labute approximate surface area is 123 Å². The molecule has 0 aromatic heterocycles. The fourth-order valence-electron chi connectivity index (χ4n) is 3.30. The van der Waals surface area contributed by atoms with Gasteiger partial charge in [0.25, 0.3) is 0 Å². The van der Waals surface area contributed by atoms with Crippen LogP contribution >= 0.6 is 0 Å². The highest BCUT2D eigenvalue weighted by atomic mass is 16.4. The Morgan fingerprint density at radius 2 is 2.00 bits per heavy atom. The Balaban J connectivity index is 1.88. The van der Waals surface area contributed by atoms with Gasteiger partial charge in [0.1, 0.15) is 0 Å². The van der Waals surface area contributed by atoms with E-state index < -0.39 is 11.9 Å². The van der Waals surface area contributed by atoms with E-state index in [1.165, 1.54) is 0 Å². The summed E-state index contributed by atoms with van der Waals surface area (Å²) >= 11 is 0. The van der Waals surface area contributed by atoms with Gasteiger partial charge < -0.3 is 15.3 Å². The summed E-state index contributed by atoms with van der Waals surface area (Å²) in [4.78, 5) is 25.8. The molecule has 2 N–H and O–H groups in total. The molecule has 2 atom stereocenters. The fourth-order valence-corrected chi connectivity index (χ4v) is 3.30. The number of carbonyl (C=O) groups excluding carboxylic acids is 1. The van der Waals surface area contributed by atoms with Gasteiger partial charge in [-0.2, -0.15) is 0 Å². The highest BCUT2D eigenvalue weighted by molar-refractivity contribution is 5.99. The summed E-state index contributed by atoms with van der Waals surface area (Å²) in [6.07, 6.45) is 3.52. The third kappa shape index (κ3) is 2.65. The van der Waals surface area contributed by atoms with Crippen LogP contribution in [0.15, 0.2) is 24.3 Å². The quantitative estimate of drug-likeness (QED) is 0.869. The molecule has 112 valence electrons. The van der Waals surface area contributed by atoms with Gasteiger partial charge >= 0.3 is 5.97 Å². The van der Waals surface area contributed by atoms with Crippen molar-refractivity contribution in [3.63, 3.8) is 0 Å². The topological polar surface area (TPSA) is 69.6 Å². The summed E-state index contributed by atoms with van der Waals surface area (Å²) in [6.45, 7) is 1.36. The van der Waals surface area contributed by atoms with Crippen molar-refractivity contribution in [3.8, 4) is 0 Å². The predicted octanol–water partition coefficient (Wildman–Crippen LogP) is 1.73. The number of rotatable bonds is 2. The molecule has 0 aliphatic carbocycles. The molecule has 21 heavy (non-hydrogen) atoms. The molecule has 5 heteroatoms. The van der Waals surface area contributed by atoms with Gasteiger partial charge in [0, 0.05) is 12.2 Å². The van der Waals surface area contributed by atoms with Crippen molar-refractivity contribution in [2.45, 2.75) is 37.6 Å². The zero-order valence-electron chi connectivity index (χ0n) is 11.9. The second-order valence-electron chi connectivity index (χ2n) is 5.73. The number of carboxylic acid groups (broad SMARTS) is 1. The molecule has 2 aliphatic heterocycles. The van der Waals surface area contributed by atoms with Crippen molar-refractivity contribution < 1.29 is 14.7 Å². The normalized spacial score (nSPS) is 25.2. The zero-order chi connectivity index (χ0) is 14.8. The number of hydrogen-bond donors (Lipinski definition) is 2. The first-order valence-corrected chi connectivity index (χ1v) is 7.55. The van der Waals surface area contributed by atoms with Crippen molar-refractivity contribution in [1.29, 1.82) is 0 Å². The number of nitrogens with one attached hydrogen (secondary N) is 1. The standard InChI is InChI=1S/C16H20N2O3/c19-15(13-6-3-4-9-17-13)18-10-8-12(16(20)21)11-5-1-2-7-14(11)18/h1-2,5,7,12-13,17H,3-4,6,8-10H2,(H,20,21). The van der Waals surface area contributed by atoms with Gasteiger partial charge in [-0.05, 0) is 37.4 Å². The summed E-state index contributed by atoms with van der Waals surface area (Å²) in [5.74, 6) is -1.25. The van der Waals surface area contributed by atoms with Gasteiger partial charge in [-0.15, -0.1) is 0 Å². The van der Waals surface area contributed by atoms with Gasteiger partial charge in [0.2, 0.25) is 5.91 Å². The smallest absolute Gasteiger partial charge is 0.311 e. The Hall–Kier alpha value is -1.88. The van der Waals surface area contributed by atoms with E-state index in [9.17, 15) is 14.7 Å². The lowest BCUT2D eigenvalue weighted by Crippen LogP contribution is -2.50. The van der Waals surface area contributed by atoms with Crippen LogP contribution < -0.4 is 10.2 Å². The van der Waals surface area contributed by atoms with E-state index in [2.05, 4.69) is 5.32 Å². The van der Waals surface area contributed by atoms with Gasteiger partial charge in [-0.3, -0.25) is 9.59 Å². The number of aliphatic carboxylic acids is 1. The molecule has 1 aromatic rings. The van der Waals surface area contributed by atoms with Crippen molar-refractivity contribution >= 4 is 17.6 Å². The number of carbonyl (C=O) groups is 2. The first kappa shape index (κ1) is 14.1. The van der Waals surface area contributed by atoms with E-state index in [1.807, 2.05) is 24.3 Å². The molecule has 0 saturated carbocycles. The third-order valence-electron chi connectivity index (χ3n) is 4.42. The van der Waals surface area contributed by atoms with E-state index in [0.29, 0.717) is 13.0 Å². The van der Waals surface area contributed by atoms with Crippen LogP contribution in [0.3, 0.4) is 0 Å². The van der Waals surface area contributed by atoms with Crippen LogP contribution in [-0.4, -0.2) is 36.1 Å². The molecule has 1 fully saturated rings. The van der Waals surface area contributed by atoms with Crippen molar-refractivity contribution in [1.82, 2.24) is 5.32 Å². The number of para-hydroxylation sites is 1. The molecule has 3 rings (SSSR count). The molecule has 0 spiro atoms. The lowest BCUT2D eigenvalue weighted by Gasteiger charge is -2.36. The van der Waals surface area contributed by atoms with E-state index in [0.717, 1.165) is 37.1 Å². The molecule has 1 aromatic carbocycles. The largest absolute Gasteiger partial charge is 0.481 e. The molecule has 0 bridgehead atoms. The van der Waals surface area contributed by atoms with Gasteiger partial charge in [0.05, 0.1) is 12.0 Å². The number of carboxylic acids is 1. The molecular weight excluding hydrogens is 268 g/mol. The fraction of sp³-hybridized carbons (Fsp3) is 0.500. The van der Waals surface area contributed by atoms with Crippen LogP contribution in [0.2, 0.25) is 0 Å². The van der Waals surface area contributed by atoms with E-state index >= 15 is 0 Å². The van der Waals surface area contributed by atoms with E-state index in [-0.39, 0.29) is 11.9 Å². The van der Waals surface area contributed by atoms with Gasteiger partial charge in [-0.1, -0.05) is 24.6 Å². The third-order valence-corrected chi connectivity index (χ3v) is 4.42. The average Bonchev–Trinajstić information content (AvgIpc) is 2.54. The second-order valence-corrected chi connectivity index (χ2v) is 5.73. The molecule has 2 heterocycles. The molecule has 1 saturated heterocycles. The molecule has 0 radical (unpaired) electrons. The maximum atomic E-state index is 12.7. The minimum absolute atomic E-state index is 0.0750. The molecule has 2 unspecified atom stereocenters. The van der Waals surface area contributed by atoms with Crippen LogP contribution in [0, 0.1) is 0 Å². The first-order chi connectivity index (χ1) is 10.2. The average molecular weight is 288 g/mol. The number of fused-ring (bicyclic) bond motifs is 1. The van der Waals surface area contributed by atoms with Crippen LogP contribution in [0.5, 0.6) is 0 Å². The number of hydrogen-bond acceptors (Lipinski definition) is 3. The van der Waals surface area contributed by atoms with Gasteiger partial charge in [0.15, 0.2) is 0 Å². The second kappa shape index (κ2) is 5.85. The van der Waals surface area contributed by atoms with Crippen molar-refractivity contribution in [3.05, 3.63) is 29.8 Å². The predicted molar refractivity (Wildman–Crippen MR) is 79.4 cm³/mol. The van der Waals surface area contributed by atoms with Crippen molar-refractivity contribution in [2.75, 3.05) is 18.0 Å². The number of anilines is 1. The Kier molecular flexibility index (Phi) is 3.92. The number of benzene rings is 1. The summed E-state index contributed by atoms with van der Waals surface area (Å²) < 4.78 is 0. The molecule has 1 amide bonds. The number of piperidine rings is 1. The minimum Gasteiger partial charge on any atom is -0.481 e. The van der Waals surface area contributed by atoms with Crippen LogP contribution in [0.4, 0.5) is 5.69 Å². The SMILES string of the molecule is O=C(O)C1CCN(C(=O)C2CCCCN2)c2ccccc21. The lowest BCUT2D eigenvalue weighted by molar-refractivity contribution is -0.139. The van der Waals surface area contributed by atoms with Gasteiger partial charge in [-0.25, -0.2) is 0 Å². The Morgan fingerprint density at radius 1 is 1.19 bits per heavy atom. The first-order valence-electron chi connectivity index (χ1n) is 7.55. The van der Waals surface area contributed by atoms with E-state index in [1.54, 1.807) is 4.90 Å². The molecule has 5 nitrogen and oxygen atoms in total. The maximum Gasteiger partial charge on any atom is 0.311 e. The number of amides is 1. The van der Waals surface area contributed by atoms with Crippen molar-refractivity contribution in [2.24, 2.45) is 0 Å². The maximum absolute atomic E-state index is 12.7. The monoisotopic (exact) mass is 288 g/mol. The summed E-state index contributed by atoms with van der Waals surface area (Å²) in [5, 5.41) is 12.6. The molecular formula is C16H20N2O3. The zero-order valence-corrected chi connectivity index (χ0v) is 11.9. The summed E-state index contributed by atoms with van der Waals surface area (Å²) in [6, 6.07) is 7.24. The number of nitrogens with zero attached hydrogens (tertiary/aromatic N) is 1. The highest BCUT2D eigenvalue weighted by Gasteiger charge is 2.35.